The van der Waals surface area contributed by atoms with Gasteiger partial charge in [0.25, 0.3) is 0 Å². The Morgan fingerprint density at radius 2 is 2.10 bits per heavy atom. The van der Waals surface area contributed by atoms with E-state index in [2.05, 4.69) is 16.3 Å². The largest absolute Gasteiger partial charge is 0.382 e. The van der Waals surface area contributed by atoms with E-state index in [4.69, 9.17) is 10.5 Å². The monoisotopic (exact) mass is 292 g/mol. The van der Waals surface area contributed by atoms with Crippen LogP contribution in [0.5, 0.6) is 0 Å². The second kappa shape index (κ2) is 6.09. The van der Waals surface area contributed by atoms with Crippen LogP contribution in [0.4, 0.5) is 5.82 Å². The van der Waals surface area contributed by atoms with Gasteiger partial charge < -0.3 is 15.6 Å². The van der Waals surface area contributed by atoms with Gasteiger partial charge in [0, 0.05) is 13.1 Å². The fraction of sp³-hybridized carbons (Fsp3) is 0.600. The summed E-state index contributed by atoms with van der Waals surface area (Å²) in [4.78, 5) is 1.88. The molecule has 0 amide bonds. The quantitative estimate of drug-likeness (QED) is 0.822. The smallest absolute Gasteiger partial charge is 0.216 e. The molecule has 1 unspecified atom stereocenters. The molecule has 6 heteroatoms. The van der Waals surface area contributed by atoms with Crippen molar-refractivity contribution in [3.05, 3.63) is 23.4 Å². The van der Waals surface area contributed by atoms with Crippen LogP contribution in [0.1, 0.15) is 38.4 Å². The zero-order valence-corrected chi connectivity index (χ0v) is 13.1. The number of nitrogens with zero attached hydrogens (tertiary/aromatic N) is 3. The topological polar surface area (TPSA) is 84.5 Å². The number of aryl methyl sites for hydroxylation is 1. The van der Waals surface area contributed by atoms with Crippen molar-refractivity contribution in [1.82, 2.24) is 15.1 Å². The molecule has 1 aromatic rings. The van der Waals surface area contributed by atoms with E-state index in [1.807, 2.05) is 38.7 Å². The number of rotatable bonds is 3. The van der Waals surface area contributed by atoms with Crippen LogP contribution < -0.4 is 5.73 Å². The molecule has 0 fully saturated rings. The minimum Gasteiger partial charge on any atom is -0.382 e. The number of aliphatic hydroxyl groups excluding tert-OH is 1. The van der Waals surface area contributed by atoms with Gasteiger partial charge in [-0.2, -0.15) is 0 Å². The Bertz CT molecular complexity index is 537. The molecule has 0 saturated heterocycles. The van der Waals surface area contributed by atoms with Gasteiger partial charge in [-0.05, 0) is 51.3 Å². The number of aromatic nitrogens is 2. The van der Waals surface area contributed by atoms with E-state index >= 15 is 0 Å². The van der Waals surface area contributed by atoms with Gasteiger partial charge in [0.15, 0.2) is 0 Å². The molecule has 2 heterocycles. The van der Waals surface area contributed by atoms with Gasteiger partial charge in [-0.1, -0.05) is 6.08 Å². The number of hydrogen-bond donors (Lipinski definition) is 2. The molecule has 0 aromatic carbocycles. The van der Waals surface area contributed by atoms with Gasteiger partial charge in [0.2, 0.25) is 6.41 Å². The van der Waals surface area contributed by atoms with Crippen molar-refractivity contribution >= 4 is 11.4 Å². The number of nitrogens with two attached hydrogens (primary N) is 1. The molecule has 2 rings (SSSR count). The first kappa shape index (κ1) is 15.9. The average molecular weight is 292 g/mol. The number of hydrogen-bond acceptors (Lipinski definition) is 6. The Hall–Kier alpha value is -1.50. The van der Waals surface area contributed by atoms with Crippen LogP contribution in [0.2, 0.25) is 0 Å². The number of nitrogen functional groups attached to an aromatic ring is 1. The van der Waals surface area contributed by atoms with Crippen molar-refractivity contribution in [3.63, 3.8) is 0 Å². The Labute approximate surface area is 125 Å². The maximum Gasteiger partial charge on any atom is 0.216 e. The first-order valence-corrected chi connectivity index (χ1v) is 7.15. The summed E-state index contributed by atoms with van der Waals surface area (Å²) in [5, 5.41) is 18.2. The van der Waals surface area contributed by atoms with E-state index in [9.17, 15) is 5.11 Å². The lowest BCUT2D eigenvalue weighted by Gasteiger charge is -2.34. The van der Waals surface area contributed by atoms with Crippen molar-refractivity contribution in [2.75, 3.05) is 18.8 Å². The van der Waals surface area contributed by atoms with E-state index in [0.717, 1.165) is 23.3 Å². The lowest BCUT2D eigenvalue weighted by Crippen LogP contribution is -2.43. The standard InChI is InChI=1S/C15H24N4O2/c1-10-9-12(16)17-18-13(10)11-5-7-19(8-6-11)14(20)21-15(2,3)4/h5,9,14,20H,6-8H2,1-4H3,(H2,16,17). The van der Waals surface area contributed by atoms with Gasteiger partial charge in [0.05, 0.1) is 11.3 Å². The summed E-state index contributed by atoms with van der Waals surface area (Å²) in [5.41, 5.74) is 8.30. The van der Waals surface area contributed by atoms with E-state index in [0.29, 0.717) is 18.9 Å². The molecule has 116 valence electrons. The molecule has 0 radical (unpaired) electrons. The summed E-state index contributed by atoms with van der Waals surface area (Å²) in [5.74, 6) is 0.434. The van der Waals surface area contributed by atoms with E-state index in [1.165, 1.54) is 0 Å². The highest BCUT2D eigenvalue weighted by Crippen LogP contribution is 2.25. The highest BCUT2D eigenvalue weighted by atomic mass is 16.6. The molecular weight excluding hydrogens is 268 g/mol. The van der Waals surface area contributed by atoms with Crippen LogP contribution >= 0.6 is 0 Å². The van der Waals surface area contributed by atoms with Gasteiger partial charge in [-0.25, -0.2) is 0 Å². The summed E-state index contributed by atoms with van der Waals surface area (Å²) >= 11 is 0. The highest BCUT2D eigenvalue weighted by Gasteiger charge is 2.25. The molecular formula is C15H24N4O2. The second-order valence-corrected chi connectivity index (χ2v) is 6.33. The second-order valence-electron chi connectivity index (χ2n) is 6.33. The Balaban J connectivity index is 2.05. The normalized spacial score (nSPS) is 18.4. The highest BCUT2D eigenvalue weighted by molar-refractivity contribution is 5.66. The van der Waals surface area contributed by atoms with Gasteiger partial charge in [-0.15, -0.1) is 10.2 Å². The molecule has 3 N–H and O–H groups in total. The molecule has 0 bridgehead atoms. The zero-order chi connectivity index (χ0) is 15.6. The Morgan fingerprint density at radius 3 is 2.62 bits per heavy atom. The van der Waals surface area contributed by atoms with E-state index < -0.39 is 6.41 Å². The third-order valence-corrected chi connectivity index (χ3v) is 3.32. The predicted molar refractivity (Wildman–Crippen MR) is 82.2 cm³/mol. The first-order valence-electron chi connectivity index (χ1n) is 7.15. The number of anilines is 1. The summed E-state index contributed by atoms with van der Waals surface area (Å²) < 4.78 is 5.57. The molecule has 0 aliphatic carbocycles. The van der Waals surface area contributed by atoms with Crippen molar-refractivity contribution in [3.8, 4) is 0 Å². The molecule has 1 atom stereocenters. The Kier molecular flexibility index (Phi) is 4.61. The Morgan fingerprint density at radius 1 is 1.38 bits per heavy atom. The van der Waals surface area contributed by atoms with E-state index in [-0.39, 0.29) is 5.60 Å². The molecule has 0 saturated carbocycles. The molecule has 1 aromatic heterocycles. The summed E-state index contributed by atoms with van der Waals surface area (Å²) in [6.07, 6.45) is 1.97. The summed E-state index contributed by atoms with van der Waals surface area (Å²) in [7, 11) is 0. The third kappa shape index (κ3) is 4.23. The maximum atomic E-state index is 10.1. The fourth-order valence-corrected chi connectivity index (χ4v) is 2.31. The lowest BCUT2D eigenvalue weighted by atomic mass is 10.0. The molecule has 1 aliphatic rings. The van der Waals surface area contributed by atoms with Crippen LogP contribution in [0.15, 0.2) is 12.1 Å². The van der Waals surface area contributed by atoms with Gasteiger partial charge >= 0.3 is 0 Å². The first-order chi connectivity index (χ1) is 9.76. The molecule has 6 nitrogen and oxygen atoms in total. The molecule has 0 spiro atoms. The van der Waals surface area contributed by atoms with Gasteiger partial charge in [-0.3, -0.25) is 4.90 Å². The van der Waals surface area contributed by atoms with Crippen molar-refractivity contribution in [2.24, 2.45) is 0 Å². The van der Waals surface area contributed by atoms with Crippen molar-refractivity contribution in [2.45, 2.75) is 46.1 Å². The van der Waals surface area contributed by atoms with Gasteiger partial charge in [0.1, 0.15) is 5.82 Å². The predicted octanol–water partition coefficient (Wildman–Crippen LogP) is 1.55. The third-order valence-electron chi connectivity index (χ3n) is 3.32. The summed E-state index contributed by atoms with van der Waals surface area (Å²) in [6, 6.07) is 1.83. The van der Waals surface area contributed by atoms with Crippen LogP contribution in [0.25, 0.3) is 5.57 Å². The van der Waals surface area contributed by atoms with Crippen LogP contribution in [-0.4, -0.2) is 45.3 Å². The van der Waals surface area contributed by atoms with Crippen molar-refractivity contribution < 1.29 is 9.84 Å². The zero-order valence-electron chi connectivity index (χ0n) is 13.1. The molecule has 21 heavy (non-hydrogen) atoms. The molecule has 1 aliphatic heterocycles. The summed E-state index contributed by atoms with van der Waals surface area (Å²) in [6.45, 7) is 9.09. The lowest BCUT2D eigenvalue weighted by molar-refractivity contribution is -0.236. The SMILES string of the molecule is Cc1cc(N)nnc1C1=CCN(C(O)OC(C)(C)C)CC1. The number of ether oxygens (including phenoxy) is 1. The number of aliphatic hydroxyl groups is 1. The minimum atomic E-state index is -0.888. The maximum absolute atomic E-state index is 10.1. The van der Waals surface area contributed by atoms with Crippen LogP contribution in [-0.2, 0) is 4.74 Å². The van der Waals surface area contributed by atoms with E-state index in [1.54, 1.807) is 0 Å². The van der Waals surface area contributed by atoms with Crippen molar-refractivity contribution in [1.29, 1.82) is 0 Å². The van der Waals surface area contributed by atoms with Crippen LogP contribution in [0.3, 0.4) is 0 Å². The minimum absolute atomic E-state index is 0.373. The van der Waals surface area contributed by atoms with Crippen LogP contribution in [0, 0.1) is 6.92 Å². The fourth-order valence-electron chi connectivity index (χ4n) is 2.31. The average Bonchev–Trinajstić information content (AvgIpc) is 2.37.